The van der Waals surface area contributed by atoms with Crippen LogP contribution in [0.2, 0.25) is 0 Å². The average Bonchev–Trinajstić information content (AvgIpc) is 2.86. The smallest absolute Gasteiger partial charge is 0.406 e. The molecule has 0 aliphatic rings. The SMILES string of the molecule is CC(C)(O)Cn1cnc2ccc(-c3cccc(OC(F)(F)F)c3)cc21. The molecule has 0 saturated carbocycles. The lowest BCUT2D eigenvalue weighted by atomic mass is 10.0. The van der Waals surface area contributed by atoms with Crippen molar-refractivity contribution in [2.24, 2.45) is 0 Å². The molecule has 1 aromatic heterocycles. The maximum Gasteiger partial charge on any atom is 0.573 e. The molecule has 0 unspecified atom stereocenters. The summed E-state index contributed by atoms with van der Waals surface area (Å²) < 4.78 is 43.0. The van der Waals surface area contributed by atoms with Gasteiger partial charge in [0.05, 0.1) is 29.5 Å². The van der Waals surface area contributed by atoms with Crippen LogP contribution in [-0.2, 0) is 6.54 Å². The normalized spacial score (nSPS) is 12.6. The molecule has 0 radical (unpaired) electrons. The van der Waals surface area contributed by atoms with Gasteiger partial charge in [0.15, 0.2) is 0 Å². The third-order valence-corrected chi connectivity index (χ3v) is 3.58. The molecule has 0 fully saturated rings. The van der Waals surface area contributed by atoms with Crippen LogP contribution in [0.25, 0.3) is 22.2 Å². The predicted molar refractivity (Wildman–Crippen MR) is 88.1 cm³/mol. The van der Waals surface area contributed by atoms with Crippen LogP contribution >= 0.6 is 0 Å². The Balaban J connectivity index is 1.99. The first-order valence-electron chi connectivity index (χ1n) is 7.64. The van der Waals surface area contributed by atoms with Gasteiger partial charge in [0.25, 0.3) is 0 Å². The Hall–Kier alpha value is -2.54. The minimum atomic E-state index is -4.73. The van der Waals surface area contributed by atoms with Gasteiger partial charge < -0.3 is 14.4 Å². The van der Waals surface area contributed by atoms with Crippen molar-refractivity contribution in [1.29, 1.82) is 0 Å². The molecular weight excluding hydrogens is 333 g/mol. The van der Waals surface area contributed by atoms with E-state index in [4.69, 9.17) is 0 Å². The lowest BCUT2D eigenvalue weighted by molar-refractivity contribution is -0.274. The Bertz CT molecular complexity index is 895. The van der Waals surface area contributed by atoms with Gasteiger partial charge in [0.1, 0.15) is 5.75 Å². The van der Waals surface area contributed by atoms with E-state index in [9.17, 15) is 18.3 Å². The Morgan fingerprint density at radius 1 is 1.08 bits per heavy atom. The second-order valence-electron chi connectivity index (χ2n) is 6.46. The van der Waals surface area contributed by atoms with E-state index in [1.54, 1.807) is 38.4 Å². The van der Waals surface area contributed by atoms with Crippen molar-refractivity contribution in [3.05, 3.63) is 48.8 Å². The molecule has 1 N–H and O–H groups in total. The van der Waals surface area contributed by atoms with Crippen LogP contribution in [0.5, 0.6) is 5.75 Å². The van der Waals surface area contributed by atoms with Gasteiger partial charge in [-0.2, -0.15) is 0 Å². The summed E-state index contributed by atoms with van der Waals surface area (Å²) in [6, 6.07) is 11.2. The van der Waals surface area contributed by atoms with E-state index in [0.717, 1.165) is 16.6 Å². The molecular formula is C18H17F3N2O2. The second-order valence-corrected chi connectivity index (χ2v) is 6.46. The average molecular weight is 350 g/mol. The molecule has 0 atom stereocenters. The van der Waals surface area contributed by atoms with Crippen molar-refractivity contribution in [3.8, 4) is 16.9 Å². The van der Waals surface area contributed by atoms with E-state index in [0.29, 0.717) is 12.1 Å². The van der Waals surface area contributed by atoms with Gasteiger partial charge in [0.2, 0.25) is 0 Å². The fourth-order valence-electron chi connectivity index (χ4n) is 2.65. The van der Waals surface area contributed by atoms with E-state index >= 15 is 0 Å². The summed E-state index contributed by atoms with van der Waals surface area (Å²) in [7, 11) is 0. The van der Waals surface area contributed by atoms with Crippen molar-refractivity contribution in [1.82, 2.24) is 9.55 Å². The first-order chi connectivity index (χ1) is 11.6. The minimum Gasteiger partial charge on any atom is -0.406 e. The summed E-state index contributed by atoms with van der Waals surface area (Å²) in [6.07, 6.45) is -3.09. The van der Waals surface area contributed by atoms with Crippen LogP contribution in [0.15, 0.2) is 48.8 Å². The van der Waals surface area contributed by atoms with Gasteiger partial charge in [0, 0.05) is 0 Å². The van der Waals surface area contributed by atoms with Gasteiger partial charge in [-0.25, -0.2) is 4.98 Å². The van der Waals surface area contributed by atoms with Crippen LogP contribution in [0.3, 0.4) is 0 Å². The van der Waals surface area contributed by atoms with Crippen LogP contribution in [0.4, 0.5) is 13.2 Å². The van der Waals surface area contributed by atoms with E-state index in [1.165, 1.54) is 18.2 Å². The third kappa shape index (κ3) is 4.30. The Kier molecular flexibility index (Phi) is 4.20. The predicted octanol–water partition coefficient (Wildman–Crippen LogP) is 4.37. The molecule has 132 valence electrons. The number of halogens is 3. The number of ether oxygens (including phenoxy) is 1. The zero-order valence-corrected chi connectivity index (χ0v) is 13.7. The summed E-state index contributed by atoms with van der Waals surface area (Å²) in [4.78, 5) is 4.28. The van der Waals surface area contributed by atoms with Crippen molar-refractivity contribution < 1.29 is 23.0 Å². The van der Waals surface area contributed by atoms with Gasteiger partial charge in [-0.15, -0.1) is 13.2 Å². The summed E-state index contributed by atoms with van der Waals surface area (Å²) in [5.74, 6) is -0.268. The lowest BCUT2D eigenvalue weighted by Crippen LogP contribution is -2.25. The highest BCUT2D eigenvalue weighted by atomic mass is 19.4. The van der Waals surface area contributed by atoms with Gasteiger partial charge in [-0.1, -0.05) is 18.2 Å². The topological polar surface area (TPSA) is 47.3 Å². The molecule has 7 heteroatoms. The van der Waals surface area contributed by atoms with E-state index in [2.05, 4.69) is 9.72 Å². The van der Waals surface area contributed by atoms with Gasteiger partial charge >= 0.3 is 6.36 Å². The second kappa shape index (κ2) is 6.07. The number of aliphatic hydroxyl groups is 1. The fourth-order valence-corrected chi connectivity index (χ4v) is 2.65. The number of rotatable bonds is 4. The third-order valence-electron chi connectivity index (χ3n) is 3.58. The zero-order chi connectivity index (χ0) is 18.2. The molecule has 3 rings (SSSR count). The number of imidazole rings is 1. The van der Waals surface area contributed by atoms with Crippen molar-refractivity contribution in [2.45, 2.75) is 32.4 Å². The Morgan fingerprint density at radius 3 is 2.48 bits per heavy atom. The fraction of sp³-hybridized carbons (Fsp3) is 0.278. The van der Waals surface area contributed by atoms with E-state index < -0.39 is 12.0 Å². The molecule has 0 aliphatic carbocycles. The Labute approximate surface area is 142 Å². The minimum absolute atomic E-state index is 0.268. The number of nitrogens with zero attached hydrogens (tertiary/aromatic N) is 2. The van der Waals surface area contributed by atoms with Gasteiger partial charge in [-0.3, -0.25) is 0 Å². The molecule has 25 heavy (non-hydrogen) atoms. The highest BCUT2D eigenvalue weighted by molar-refractivity contribution is 5.82. The molecule has 0 bridgehead atoms. The standard InChI is InChI=1S/C18H17F3N2O2/c1-17(2,24)10-23-11-22-15-7-6-13(9-16(15)23)12-4-3-5-14(8-12)25-18(19,20)21/h3-9,11,24H,10H2,1-2H3. The van der Waals surface area contributed by atoms with Crippen molar-refractivity contribution in [2.75, 3.05) is 0 Å². The monoisotopic (exact) mass is 350 g/mol. The van der Waals surface area contributed by atoms with Crippen LogP contribution < -0.4 is 4.74 Å². The van der Waals surface area contributed by atoms with E-state index in [-0.39, 0.29) is 5.75 Å². The summed E-state index contributed by atoms with van der Waals surface area (Å²) in [5, 5.41) is 10.0. The molecule has 2 aromatic carbocycles. The number of aromatic nitrogens is 2. The molecule has 4 nitrogen and oxygen atoms in total. The van der Waals surface area contributed by atoms with Crippen molar-refractivity contribution in [3.63, 3.8) is 0 Å². The van der Waals surface area contributed by atoms with E-state index in [1.807, 2.05) is 10.6 Å². The molecule has 0 saturated heterocycles. The molecule has 1 heterocycles. The molecule has 0 aliphatic heterocycles. The van der Waals surface area contributed by atoms with Crippen LogP contribution in [0.1, 0.15) is 13.8 Å². The maximum atomic E-state index is 12.4. The first kappa shape index (κ1) is 17.3. The molecule has 3 aromatic rings. The number of fused-ring (bicyclic) bond motifs is 1. The zero-order valence-electron chi connectivity index (χ0n) is 13.7. The summed E-state index contributed by atoms with van der Waals surface area (Å²) in [5.41, 5.74) is 1.96. The lowest BCUT2D eigenvalue weighted by Gasteiger charge is -2.18. The maximum absolute atomic E-state index is 12.4. The summed E-state index contributed by atoms with van der Waals surface area (Å²) in [6.45, 7) is 3.74. The number of hydrogen-bond donors (Lipinski definition) is 1. The molecule has 0 amide bonds. The van der Waals surface area contributed by atoms with Gasteiger partial charge in [-0.05, 0) is 49.2 Å². The highest BCUT2D eigenvalue weighted by Crippen LogP contribution is 2.30. The first-order valence-corrected chi connectivity index (χ1v) is 7.64. The van der Waals surface area contributed by atoms with Crippen LogP contribution in [0, 0.1) is 0 Å². The number of alkyl halides is 3. The van der Waals surface area contributed by atoms with Crippen molar-refractivity contribution >= 4 is 11.0 Å². The van der Waals surface area contributed by atoms with Crippen LogP contribution in [-0.4, -0.2) is 26.6 Å². The molecule has 0 spiro atoms. The summed E-state index contributed by atoms with van der Waals surface area (Å²) >= 11 is 0. The Morgan fingerprint density at radius 2 is 1.80 bits per heavy atom. The number of benzene rings is 2. The largest absolute Gasteiger partial charge is 0.573 e. The quantitative estimate of drug-likeness (QED) is 0.760. The highest BCUT2D eigenvalue weighted by Gasteiger charge is 2.31. The number of hydrogen-bond acceptors (Lipinski definition) is 3.